The highest BCUT2D eigenvalue weighted by atomic mass is 16.8. The molecular formula is C28H52O6. The van der Waals surface area contributed by atoms with Gasteiger partial charge in [-0.2, -0.15) is 0 Å². The van der Waals surface area contributed by atoms with Crippen molar-refractivity contribution in [2.75, 3.05) is 13.2 Å². The zero-order valence-electron chi connectivity index (χ0n) is 22.5. The van der Waals surface area contributed by atoms with Crippen molar-refractivity contribution in [3.63, 3.8) is 0 Å². The first kappa shape index (κ1) is 30.6. The molecule has 0 radical (unpaired) electrons. The van der Waals surface area contributed by atoms with Crippen LogP contribution in [0.25, 0.3) is 0 Å². The molecule has 1 rings (SSSR count). The summed E-state index contributed by atoms with van der Waals surface area (Å²) in [6.07, 6.45) is 14.7. The van der Waals surface area contributed by atoms with Gasteiger partial charge in [-0.25, -0.2) is 9.59 Å². The van der Waals surface area contributed by atoms with Crippen LogP contribution in [0.5, 0.6) is 0 Å². The van der Waals surface area contributed by atoms with Gasteiger partial charge in [0.05, 0.1) is 13.2 Å². The van der Waals surface area contributed by atoms with E-state index in [0.29, 0.717) is 26.1 Å². The van der Waals surface area contributed by atoms with Crippen molar-refractivity contribution < 1.29 is 28.5 Å². The Morgan fingerprint density at radius 3 is 1.32 bits per heavy atom. The van der Waals surface area contributed by atoms with Crippen LogP contribution >= 0.6 is 0 Å². The number of ether oxygens (including phenoxy) is 4. The van der Waals surface area contributed by atoms with Crippen molar-refractivity contribution in [1.29, 1.82) is 0 Å². The SMILES string of the molecule is CC(C)CCCCCCCOC(=O)OC1CCCCC1OC(=O)OCCCCCCCC(C)C. The van der Waals surface area contributed by atoms with Gasteiger partial charge < -0.3 is 18.9 Å². The highest BCUT2D eigenvalue weighted by Crippen LogP contribution is 2.25. The number of carbonyl (C=O) groups excluding carboxylic acids is 2. The lowest BCUT2D eigenvalue weighted by Crippen LogP contribution is -2.38. The molecule has 2 atom stereocenters. The molecule has 0 aliphatic heterocycles. The lowest BCUT2D eigenvalue weighted by molar-refractivity contribution is -0.0713. The molecule has 34 heavy (non-hydrogen) atoms. The molecule has 0 N–H and O–H groups in total. The summed E-state index contributed by atoms with van der Waals surface area (Å²) in [5.74, 6) is 1.53. The maximum Gasteiger partial charge on any atom is 0.508 e. The molecular weight excluding hydrogens is 432 g/mol. The minimum absolute atomic E-state index is 0.376. The fraction of sp³-hybridized carbons (Fsp3) is 0.929. The van der Waals surface area contributed by atoms with Crippen LogP contribution in [0.2, 0.25) is 0 Å². The molecule has 1 aliphatic rings. The van der Waals surface area contributed by atoms with Gasteiger partial charge in [-0.1, -0.05) is 91.9 Å². The molecule has 1 saturated carbocycles. The lowest BCUT2D eigenvalue weighted by atomic mass is 9.95. The number of rotatable bonds is 18. The van der Waals surface area contributed by atoms with E-state index >= 15 is 0 Å². The third kappa shape index (κ3) is 17.0. The fourth-order valence-electron chi connectivity index (χ4n) is 4.33. The summed E-state index contributed by atoms with van der Waals surface area (Å²) >= 11 is 0. The van der Waals surface area contributed by atoms with Gasteiger partial charge in [0.2, 0.25) is 0 Å². The minimum atomic E-state index is -0.661. The second-order valence-electron chi connectivity index (χ2n) is 10.7. The van der Waals surface area contributed by atoms with Crippen molar-refractivity contribution in [3.05, 3.63) is 0 Å². The summed E-state index contributed by atoms with van der Waals surface area (Å²) in [5, 5.41) is 0. The molecule has 1 aliphatic carbocycles. The Labute approximate surface area is 208 Å². The first-order chi connectivity index (χ1) is 16.4. The van der Waals surface area contributed by atoms with E-state index in [9.17, 15) is 9.59 Å². The van der Waals surface area contributed by atoms with E-state index < -0.39 is 24.5 Å². The van der Waals surface area contributed by atoms with Crippen molar-refractivity contribution in [2.24, 2.45) is 11.8 Å². The Kier molecular flexibility index (Phi) is 17.8. The van der Waals surface area contributed by atoms with Crippen LogP contribution in [0.15, 0.2) is 0 Å². The average Bonchev–Trinajstić information content (AvgIpc) is 2.78. The summed E-state index contributed by atoms with van der Waals surface area (Å²) in [7, 11) is 0. The maximum atomic E-state index is 12.1. The highest BCUT2D eigenvalue weighted by Gasteiger charge is 2.32. The monoisotopic (exact) mass is 484 g/mol. The van der Waals surface area contributed by atoms with E-state index in [2.05, 4.69) is 27.7 Å². The second-order valence-corrected chi connectivity index (χ2v) is 10.7. The first-order valence-electron chi connectivity index (χ1n) is 14.0. The number of unbranched alkanes of at least 4 members (excludes halogenated alkanes) is 8. The summed E-state index contributed by atoms with van der Waals surface area (Å²) < 4.78 is 21.4. The first-order valence-corrected chi connectivity index (χ1v) is 14.0. The van der Waals surface area contributed by atoms with Gasteiger partial charge in [0.25, 0.3) is 0 Å². The maximum absolute atomic E-state index is 12.1. The highest BCUT2D eigenvalue weighted by molar-refractivity contribution is 5.61. The Hall–Kier alpha value is -1.46. The Balaban J connectivity index is 2.12. The van der Waals surface area contributed by atoms with Crippen LogP contribution in [0.1, 0.15) is 130 Å². The summed E-state index contributed by atoms with van der Waals surface area (Å²) in [4.78, 5) is 24.2. The molecule has 0 aromatic carbocycles. The molecule has 0 saturated heterocycles. The van der Waals surface area contributed by atoms with Gasteiger partial charge in [0.15, 0.2) is 0 Å². The van der Waals surface area contributed by atoms with E-state index in [1.807, 2.05) is 0 Å². The topological polar surface area (TPSA) is 71.1 Å². The summed E-state index contributed by atoms with van der Waals surface area (Å²) in [6, 6.07) is 0. The molecule has 200 valence electrons. The van der Waals surface area contributed by atoms with Crippen molar-refractivity contribution in [1.82, 2.24) is 0 Å². The molecule has 0 spiro atoms. The average molecular weight is 485 g/mol. The largest absolute Gasteiger partial charge is 0.508 e. The van der Waals surface area contributed by atoms with E-state index in [4.69, 9.17) is 18.9 Å². The third-order valence-electron chi connectivity index (χ3n) is 6.43. The number of carbonyl (C=O) groups is 2. The zero-order valence-corrected chi connectivity index (χ0v) is 22.5. The standard InChI is InChI=1S/C28H52O6/c1-23(2)17-11-7-5-9-15-21-31-27(29)33-25-19-13-14-20-26(25)34-28(30)32-22-16-10-6-8-12-18-24(3)4/h23-26H,5-22H2,1-4H3. The molecule has 1 fully saturated rings. The van der Waals surface area contributed by atoms with E-state index in [1.165, 1.54) is 51.4 Å². The van der Waals surface area contributed by atoms with Crippen LogP contribution in [0.3, 0.4) is 0 Å². The molecule has 0 bridgehead atoms. The Morgan fingerprint density at radius 1 is 0.588 bits per heavy atom. The van der Waals surface area contributed by atoms with Crippen LogP contribution in [0, 0.1) is 11.8 Å². The molecule has 6 heteroatoms. The normalized spacial score (nSPS) is 18.2. The van der Waals surface area contributed by atoms with Crippen LogP contribution in [0.4, 0.5) is 9.59 Å². The van der Waals surface area contributed by atoms with Gasteiger partial charge in [-0.05, 0) is 50.4 Å². The van der Waals surface area contributed by atoms with Crippen LogP contribution in [-0.4, -0.2) is 37.7 Å². The second kappa shape index (κ2) is 19.8. The van der Waals surface area contributed by atoms with Gasteiger partial charge >= 0.3 is 12.3 Å². The fourth-order valence-corrected chi connectivity index (χ4v) is 4.33. The predicted octanol–water partition coefficient (Wildman–Crippen LogP) is 8.60. The quantitative estimate of drug-likeness (QED) is 0.143. The van der Waals surface area contributed by atoms with Crippen LogP contribution < -0.4 is 0 Å². The molecule has 0 amide bonds. The molecule has 0 aromatic heterocycles. The smallest absolute Gasteiger partial charge is 0.434 e. The van der Waals surface area contributed by atoms with E-state index in [-0.39, 0.29) is 0 Å². The van der Waals surface area contributed by atoms with Gasteiger partial charge in [0.1, 0.15) is 12.2 Å². The molecule has 2 unspecified atom stereocenters. The Morgan fingerprint density at radius 2 is 0.941 bits per heavy atom. The van der Waals surface area contributed by atoms with E-state index in [0.717, 1.165) is 50.4 Å². The molecule has 6 nitrogen and oxygen atoms in total. The number of hydrogen-bond acceptors (Lipinski definition) is 6. The zero-order chi connectivity index (χ0) is 25.0. The van der Waals surface area contributed by atoms with Crippen LogP contribution in [-0.2, 0) is 18.9 Å². The van der Waals surface area contributed by atoms with Gasteiger partial charge in [-0.15, -0.1) is 0 Å². The predicted molar refractivity (Wildman–Crippen MR) is 136 cm³/mol. The summed E-state index contributed by atoms with van der Waals surface area (Å²) in [5.41, 5.74) is 0. The lowest BCUT2D eigenvalue weighted by Gasteiger charge is -2.29. The molecule has 0 heterocycles. The molecule has 0 aromatic rings. The Bertz CT molecular complexity index is 473. The van der Waals surface area contributed by atoms with Crippen molar-refractivity contribution in [3.8, 4) is 0 Å². The number of hydrogen-bond donors (Lipinski definition) is 0. The van der Waals surface area contributed by atoms with Gasteiger partial charge in [0, 0.05) is 0 Å². The summed E-state index contributed by atoms with van der Waals surface area (Å²) in [6.45, 7) is 9.76. The van der Waals surface area contributed by atoms with Crippen molar-refractivity contribution in [2.45, 2.75) is 143 Å². The van der Waals surface area contributed by atoms with Gasteiger partial charge in [-0.3, -0.25) is 0 Å². The third-order valence-corrected chi connectivity index (χ3v) is 6.43. The van der Waals surface area contributed by atoms with Crippen molar-refractivity contribution >= 4 is 12.3 Å². The minimum Gasteiger partial charge on any atom is -0.434 e. The van der Waals surface area contributed by atoms with E-state index in [1.54, 1.807) is 0 Å².